The topological polar surface area (TPSA) is 114 Å². The number of nitrogens with zero attached hydrogens (tertiary/aromatic N) is 2. The van der Waals surface area contributed by atoms with Crippen LogP contribution < -0.4 is 26.2 Å². The number of amides is 2. The highest BCUT2D eigenvalue weighted by Gasteiger charge is 2.19. The van der Waals surface area contributed by atoms with E-state index in [-0.39, 0.29) is 41.8 Å². The van der Waals surface area contributed by atoms with Crippen molar-refractivity contribution >= 4 is 35.1 Å². The van der Waals surface area contributed by atoms with E-state index in [4.69, 9.17) is 16.3 Å². The fourth-order valence-electron chi connectivity index (χ4n) is 2.94. The molecule has 2 aromatic rings. The zero-order valence-electron chi connectivity index (χ0n) is 19.3. The van der Waals surface area contributed by atoms with Gasteiger partial charge in [-0.05, 0) is 52.8 Å². The van der Waals surface area contributed by atoms with E-state index < -0.39 is 5.91 Å². The molecule has 174 valence electrons. The van der Waals surface area contributed by atoms with Gasteiger partial charge in [0.1, 0.15) is 5.75 Å². The predicted octanol–water partition coefficient (Wildman–Crippen LogP) is 3.09. The van der Waals surface area contributed by atoms with Crippen LogP contribution in [0.1, 0.15) is 45.9 Å². The molecule has 0 aliphatic carbocycles. The summed E-state index contributed by atoms with van der Waals surface area (Å²) in [5, 5.41) is 8.97. The maximum atomic E-state index is 12.7. The number of carbonyl (C=O) groups is 2. The number of ether oxygens (including phenoxy) is 1. The Hall–Kier alpha value is -3.07. The van der Waals surface area contributed by atoms with Crippen LogP contribution in [-0.2, 0) is 22.7 Å². The molecule has 3 N–H and O–H groups in total. The normalized spacial score (nSPS) is 11.1. The molecule has 10 heteroatoms. The van der Waals surface area contributed by atoms with E-state index in [1.54, 1.807) is 29.7 Å². The number of aromatic nitrogens is 2. The van der Waals surface area contributed by atoms with Crippen molar-refractivity contribution in [3.05, 3.63) is 44.8 Å². The van der Waals surface area contributed by atoms with Crippen molar-refractivity contribution in [2.45, 2.75) is 60.2 Å². The molecule has 1 aromatic carbocycles. The molecule has 0 unspecified atom stereocenters. The van der Waals surface area contributed by atoms with Gasteiger partial charge in [-0.2, -0.15) is 0 Å². The number of nitrogens with one attached hydrogen (secondary N) is 3. The molecular formula is C22H30ClN5O4. The average molecular weight is 464 g/mol. The lowest BCUT2D eigenvalue weighted by molar-refractivity contribution is -0.119. The summed E-state index contributed by atoms with van der Waals surface area (Å²) in [7, 11) is 0. The monoisotopic (exact) mass is 463 g/mol. The van der Waals surface area contributed by atoms with Crippen LogP contribution in [0.3, 0.4) is 0 Å². The average Bonchev–Trinajstić information content (AvgIpc) is 2.68. The molecule has 2 amide bonds. The van der Waals surface area contributed by atoms with E-state index in [9.17, 15) is 14.4 Å². The first-order valence-corrected chi connectivity index (χ1v) is 10.6. The summed E-state index contributed by atoms with van der Waals surface area (Å²) < 4.78 is 7.20. The van der Waals surface area contributed by atoms with Crippen molar-refractivity contribution in [3.63, 3.8) is 0 Å². The van der Waals surface area contributed by atoms with Crippen LogP contribution in [0.5, 0.6) is 5.75 Å². The quantitative estimate of drug-likeness (QED) is 0.554. The molecule has 1 aromatic heterocycles. The predicted molar refractivity (Wildman–Crippen MR) is 125 cm³/mol. The fraction of sp³-hybridized carbons (Fsp3) is 0.455. The Kier molecular flexibility index (Phi) is 8.26. The third-order valence-electron chi connectivity index (χ3n) is 4.40. The van der Waals surface area contributed by atoms with Crippen LogP contribution in [0, 0.1) is 6.92 Å². The molecule has 0 bridgehead atoms. The fourth-order valence-corrected chi connectivity index (χ4v) is 3.14. The number of benzene rings is 1. The molecule has 0 saturated heterocycles. The Labute approximate surface area is 192 Å². The van der Waals surface area contributed by atoms with Crippen LogP contribution in [0.15, 0.2) is 23.0 Å². The van der Waals surface area contributed by atoms with E-state index in [0.29, 0.717) is 28.6 Å². The standard InChI is InChI=1S/C22H30ClN5O4/c1-7-28-13(2)19(26-20(21(28)31)27-22(4,5)6)25-18(30)12-32-17-9-8-16(23)10-15(17)11-24-14(3)29/h8-10H,7,11-12H2,1-6H3,(H,24,29)(H,25,30)(H,26,27). The largest absolute Gasteiger partial charge is 0.483 e. The zero-order chi connectivity index (χ0) is 24.1. The summed E-state index contributed by atoms with van der Waals surface area (Å²) >= 11 is 6.03. The molecule has 0 fully saturated rings. The van der Waals surface area contributed by atoms with Crippen LogP contribution in [0.4, 0.5) is 11.6 Å². The van der Waals surface area contributed by atoms with Crippen LogP contribution in [0.25, 0.3) is 0 Å². The zero-order valence-corrected chi connectivity index (χ0v) is 20.0. The van der Waals surface area contributed by atoms with Gasteiger partial charge in [0.15, 0.2) is 18.2 Å². The second-order valence-electron chi connectivity index (χ2n) is 8.32. The summed E-state index contributed by atoms with van der Waals surface area (Å²) in [6.45, 7) is 11.1. The maximum absolute atomic E-state index is 12.7. The van der Waals surface area contributed by atoms with E-state index in [0.717, 1.165) is 0 Å². The van der Waals surface area contributed by atoms with E-state index in [1.165, 1.54) is 6.92 Å². The highest BCUT2D eigenvalue weighted by molar-refractivity contribution is 6.30. The summed E-state index contributed by atoms with van der Waals surface area (Å²) in [5.74, 6) is 0.236. The van der Waals surface area contributed by atoms with Crippen LogP contribution in [0.2, 0.25) is 5.02 Å². The van der Waals surface area contributed by atoms with Crippen molar-refractivity contribution < 1.29 is 14.3 Å². The minimum atomic E-state index is -0.441. The lowest BCUT2D eigenvalue weighted by atomic mass is 10.1. The molecule has 0 aliphatic heterocycles. The minimum absolute atomic E-state index is 0.163. The highest BCUT2D eigenvalue weighted by atomic mass is 35.5. The van der Waals surface area contributed by atoms with Gasteiger partial charge in [0.05, 0.1) is 5.69 Å². The van der Waals surface area contributed by atoms with Crippen molar-refractivity contribution in [1.29, 1.82) is 0 Å². The van der Waals surface area contributed by atoms with Crippen LogP contribution >= 0.6 is 11.6 Å². The van der Waals surface area contributed by atoms with Crippen molar-refractivity contribution in [2.24, 2.45) is 0 Å². The van der Waals surface area contributed by atoms with Gasteiger partial charge in [0, 0.05) is 36.1 Å². The van der Waals surface area contributed by atoms with Gasteiger partial charge >= 0.3 is 0 Å². The third-order valence-corrected chi connectivity index (χ3v) is 4.63. The molecule has 0 aliphatic rings. The minimum Gasteiger partial charge on any atom is -0.483 e. The Morgan fingerprint density at radius 2 is 1.91 bits per heavy atom. The van der Waals surface area contributed by atoms with Gasteiger partial charge in [-0.3, -0.25) is 14.4 Å². The highest BCUT2D eigenvalue weighted by Crippen LogP contribution is 2.23. The molecule has 0 atom stereocenters. The van der Waals surface area contributed by atoms with Crippen molar-refractivity contribution in [3.8, 4) is 5.75 Å². The number of carbonyl (C=O) groups excluding carboxylic acids is 2. The molecule has 9 nitrogen and oxygen atoms in total. The Bertz CT molecular complexity index is 1060. The second kappa shape index (κ2) is 10.5. The summed E-state index contributed by atoms with van der Waals surface area (Å²) in [4.78, 5) is 40.8. The molecular weight excluding hydrogens is 434 g/mol. The molecule has 0 saturated carbocycles. The van der Waals surface area contributed by atoms with Crippen molar-refractivity contribution in [2.75, 3.05) is 17.2 Å². The number of hydrogen-bond acceptors (Lipinski definition) is 6. The first-order valence-electron chi connectivity index (χ1n) is 10.3. The first kappa shape index (κ1) is 25.2. The smallest absolute Gasteiger partial charge is 0.293 e. The third kappa shape index (κ3) is 6.98. The lowest BCUT2D eigenvalue weighted by Gasteiger charge is -2.23. The van der Waals surface area contributed by atoms with Gasteiger partial charge < -0.3 is 25.3 Å². The van der Waals surface area contributed by atoms with E-state index >= 15 is 0 Å². The molecule has 2 rings (SSSR count). The molecule has 0 radical (unpaired) electrons. The SMILES string of the molecule is CCn1c(C)c(NC(=O)COc2ccc(Cl)cc2CNC(C)=O)nc(NC(C)(C)C)c1=O. The molecule has 1 heterocycles. The Morgan fingerprint density at radius 3 is 2.50 bits per heavy atom. The maximum Gasteiger partial charge on any atom is 0.293 e. The van der Waals surface area contributed by atoms with E-state index in [1.807, 2.05) is 27.7 Å². The Morgan fingerprint density at radius 1 is 1.22 bits per heavy atom. The molecule has 0 spiro atoms. The second-order valence-corrected chi connectivity index (χ2v) is 8.75. The summed E-state index contributed by atoms with van der Waals surface area (Å²) in [6.07, 6.45) is 0. The van der Waals surface area contributed by atoms with Gasteiger partial charge in [-0.15, -0.1) is 0 Å². The molecule has 32 heavy (non-hydrogen) atoms. The summed E-state index contributed by atoms with van der Waals surface area (Å²) in [5.41, 5.74) is 0.558. The number of hydrogen-bond donors (Lipinski definition) is 3. The summed E-state index contributed by atoms with van der Waals surface area (Å²) in [6, 6.07) is 4.94. The van der Waals surface area contributed by atoms with Gasteiger partial charge in [0.25, 0.3) is 11.5 Å². The van der Waals surface area contributed by atoms with E-state index in [2.05, 4.69) is 20.9 Å². The van der Waals surface area contributed by atoms with Gasteiger partial charge in [0.2, 0.25) is 5.91 Å². The Balaban J connectivity index is 2.19. The van der Waals surface area contributed by atoms with Crippen LogP contribution in [-0.4, -0.2) is 33.5 Å². The number of rotatable bonds is 8. The van der Waals surface area contributed by atoms with Crippen molar-refractivity contribution in [1.82, 2.24) is 14.9 Å². The number of anilines is 2. The first-order chi connectivity index (χ1) is 14.9. The van der Waals surface area contributed by atoms with Gasteiger partial charge in [-0.25, -0.2) is 4.98 Å². The number of halogens is 1. The lowest BCUT2D eigenvalue weighted by Crippen LogP contribution is -2.35. The van der Waals surface area contributed by atoms with Gasteiger partial charge in [-0.1, -0.05) is 11.6 Å².